The highest BCUT2D eigenvalue weighted by Gasteiger charge is 2.15. The Balaban J connectivity index is 2.33. The third-order valence-corrected chi connectivity index (χ3v) is 4.65. The van der Waals surface area contributed by atoms with Gasteiger partial charge >= 0.3 is 0 Å². The summed E-state index contributed by atoms with van der Waals surface area (Å²) < 4.78 is 2.61. The van der Waals surface area contributed by atoms with Gasteiger partial charge in [-0.2, -0.15) is 0 Å². The van der Waals surface area contributed by atoms with Gasteiger partial charge in [0.1, 0.15) is 0 Å². The summed E-state index contributed by atoms with van der Waals surface area (Å²) >= 11 is 7.88. The number of hydrogen-bond donors (Lipinski definition) is 0. The summed E-state index contributed by atoms with van der Waals surface area (Å²) in [5, 5.41) is 3.45. The van der Waals surface area contributed by atoms with Gasteiger partial charge in [-0.05, 0) is 29.2 Å². The lowest BCUT2D eigenvalue weighted by atomic mass is 9.87. The number of rotatable bonds is 0. The Morgan fingerprint density at radius 1 is 0.889 bits per heavy atom. The van der Waals surface area contributed by atoms with Crippen molar-refractivity contribution in [1.82, 2.24) is 0 Å². The van der Waals surface area contributed by atoms with Crippen LogP contribution in [-0.2, 0) is 5.41 Å². The van der Waals surface area contributed by atoms with Crippen molar-refractivity contribution in [2.45, 2.75) is 26.2 Å². The molecule has 0 saturated carbocycles. The molecular formula is C16H15ClS. The van der Waals surface area contributed by atoms with Gasteiger partial charge in [-0.1, -0.05) is 50.6 Å². The summed E-state index contributed by atoms with van der Waals surface area (Å²) in [6.07, 6.45) is 0. The second-order valence-corrected chi connectivity index (χ2v) is 7.22. The largest absolute Gasteiger partial charge is 0.135 e. The summed E-state index contributed by atoms with van der Waals surface area (Å²) in [5.74, 6) is 0. The molecule has 3 aromatic rings. The first-order valence-corrected chi connectivity index (χ1v) is 7.27. The molecule has 0 atom stereocenters. The lowest BCUT2D eigenvalue weighted by molar-refractivity contribution is 0.591. The van der Waals surface area contributed by atoms with E-state index in [2.05, 4.69) is 51.1 Å². The summed E-state index contributed by atoms with van der Waals surface area (Å²) in [5.41, 5.74) is 1.58. The van der Waals surface area contributed by atoms with Crippen molar-refractivity contribution in [3.8, 4) is 0 Å². The predicted molar refractivity (Wildman–Crippen MR) is 83.0 cm³/mol. The van der Waals surface area contributed by atoms with Crippen LogP contribution in [0.2, 0.25) is 5.02 Å². The number of thiophene rings is 1. The van der Waals surface area contributed by atoms with Crippen molar-refractivity contribution >= 4 is 43.1 Å². The SMILES string of the molecule is CC(C)(C)c1ccc2c(c1)sc1cc(Cl)ccc12. The van der Waals surface area contributed by atoms with Crippen molar-refractivity contribution in [1.29, 1.82) is 0 Å². The molecule has 0 aliphatic carbocycles. The standard InChI is InChI=1S/C16H15ClS/c1-16(2,3)10-4-6-12-13-7-5-11(17)9-15(13)18-14(12)8-10/h4-9H,1-3H3. The van der Waals surface area contributed by atoms with E-state index in [1.54, 1.807) is 0 Å². The van der Waals surface area contributed by atoms with E-state index in [4.69, 9.17) is 11.6 Å². The monoisotopic (exact) mass is 274 g/mol. The maximum absolute atomic E-state index is 6.06. The van der Waals surface area contributed by atoms with E-state index in [-0.39, 0.29) is 5.41 Å². The molecule has 0 radical (unpaired) electrons. The van der Waals surface area contributed by atoms with E-state index in [9.17, 15) is 0 Å². The van der Waals surface area contributed by atoms with Gasteiger partial charge in [0.2, 0.25) is 0 Å². The Hall–Kier alpha value is -1.05. The predicted octanol–water partition coefficient (Wildman–Crippen LogP) is 6.01. The maximum atomic E-state index is 6.06. The second-order valence-electron chi connectivity index (χ2n) is 5.70. The first-order valence-electron chi connectivity index (χ1n) is 6.07. The van der Waals surface area contributed by atoms with Gasteiger partial charge in [0.25, 0.3) is 0 Å². The topological polar surface area (TPSA) is 0 Å². The molecule has 0 N–H and O–H groups in total. The molecule has 0 fully saturated rings. The molecule has 92 valence electrons. The number of fused-ring (bicyclic) bond motifs is 3. The Bertz CT molecular complexity index is 732. The van der Waals surface area contributed by atoms with E-state index in [0.29, 0.717) is 0 Å². The van der Waals surface area contributed by atoms with Gasteiger partial charge in [-0.15, -0.1) is 11.3 Å². The first kappa shape index (κ1) is 12.0. The maximum Gasteiger partial charge on any atom is 0.0420 e. The summed E-state index contributed by atoms with van der Waals surface area (Å²) in [6, 6.07) is 12.9. The fraction of sp³-hybridized carbons (Fsp3) is 0.250. The molecule has 0 spiro atoms. The van der Waals surface area contributed by atoms with Crippen molar-refractivity contribution in [2.75, 3.05) is 0 Å². The third kappa shape index (κ3) is 1.92. The summed E-state index contributed by atoms with van der Waals surface area (Å²) in [6.45, 7) is 6.75. The summed E-state index contributed by atoms with van der Waals surface area (Å²) in [4.78, 5) is 0. The Kier molecular flexibility index (Phi) is 2.65. The quantitative estimate of drug-likeness (QED) is 0.471. The third-order valence-electron chi connectivity index (χ3n) is 3.30. The fourth-order valence-corrected chi connectivity index (χ4v) is 3.64. The number of halogens is 1. The number of hydrogen-bond acceptors (Lipinski definition) is 1. The molecule has 2 aromatic carbocycles. The zero-order valence-corrected chi connectivity index (χ0v) is 12.3. The average molecular weight is 275 g/mol. The second kappa shape index (κ2) is 3.97. The van der Waals surface area contributed by atoms with Crippen LogP contribution in [0.1, 0.15) is 26.3 Å². The molecule has 1 aromatic heterocycles. The molecule has 2 heteroatoms. The lowest BCUT2D eigenvalue weighted by Crippen LogP contribution is -2.10. The van der Waals surface area contributed by atoms with Crippen LogP contribution in [0.15, 0.2) is 36.4 Å². The molecule has 0 bridgehead atoms. The van der Waals surface area contributed by atoms with Crippen LogP contribution >= 0.6 is 22.9 Å². The minimum absolute atomic E-state index is 0.196. The van der Waals surface area contributed by atoms with Crippen LogP contribution in [0.3, 0.4) is 0 Å². The highest BCUT2D eigenvalue weighted by molar-refractivity contribution is 7.25. The molecule has 0 unspecified atom stereocenters. The van der Waals surface area contributed by atoms with E-state index in [1.807, 2.05) is 17.4 Å². The summed E-state index contributed by atoms with van der Waals surface area (Å²) in [7, 11) is 0. The van der Waals surface area contributed by atoms with E-state index >= 15 is 0 Å². The van der Waals surface area contributed by atoms with Crippen LogP contribution in [0, 0.1) is 0 Å². The zero-order chi connectivity index (χ0) is 12.9. The van der Waals surface area contributed by atoms with Crippen molar-refractivity contribution in [3.05, 3.63) is 47.0 Å². The molecule has 18 heavy (non-hydrogen) atoms. The normalized spacial score (nSPS) is 12.4. The minimum atomic E-state index is 0.196. The van der Waals surface area contributed by atoms with Gasteiger partial charge in [0.15, 0.2) is 0 Å². The van der Waals surface area contributed by atoms with Crippen LogP contribution in [0.4, 0.5) is 0 Å². The van der Waals surface area contributed by atoms with Crippen molar-refractivity contribution < 1.29 is 0 Å². The van der Waals surface area contributed by atoms with E-state index in [0.717, 1.165) is 5.02 Å². The Morgan fingerprint density at radius 2 is 1.50 bits per heavy atom. The molecule has 0 amide bonds. The van der Waals surface area contributed by atoms with Crippen LogP contribution in [-0.4, -0.2) is 0 Å². The zero-order valence-electron chi connectivity index (χ0n) is 10.8. The Morgan fingerprint density at radius 3 is 2.17 bits per heavy atom. The molecule has 1 heterocycles. The molecule has 0 saturated heterocycles. The number of benzene rings is 2. The van der Waals surface area contributed by atoms with Gasteiger partial charge < -0.3 is 0 Å². The Labute approximate surface area is 116 Å². The molecule has 0 aliphatic rings. The van der Waals surface area contributed by atoms with Gasteiger partial charge in [0.05, 0.1) is 0 Å². The van der Waals surface area contributed by atoms with E-state index < -0.39 is 0 Å². The molecule has 3 rings (SSSR count). The van der Waals surface area contributed by atoms with Gasteiger partial charge in [-0.3, -0.25) is 0 Å². The van der Waals surface area contributed by atoms with Crippen molar-refractivity contribution in [3.63, 3.8) is 0 Å². The average Bonchev–Trinajstić information content (AvgIpc) is 2.63. The molecule has 0 nitrogen and oxygen atoms in total. The highest BCUT2D eigenvalue weighted by atomic mass is 35.5. The first-order chi connectivity index (χ1) is 8.45. The lowest BCUT2D eigenvalue weighted by Gasteiger charge is -2.18. The minimum Gasteiger partial charge on any atom is -0.135 e. The molecular weight excluding hydrogens is 260 g/mol. The van der Waals surface area contributed by atoms with Gasteiger partial charge in [0, 0.05) is 25.2 Å². The van der Waals surface area contributed by atoms with Crippen molar-refractivity contribution in [2.24, 2.45) is 0 Å². The van der Waals surface area contributed by atoms with E-state index in [1.165, 1.54) is 25.7 Å². The smallest absolute Gasteiger partial charge is 0.0420 e. The highest BCUT2D eigenvalue weighted by Crippen LogP contribution is 2.37. The van der Waals surface area contributed by atoms with Crippen LogP contribution in [0.25, 0.3) is 20.2 Å². The van der Waals surface area contributed by atoms with Gasteiger partial charge in [-0.25, -0.2) is 0 Å². The fourth-order valence-electron chi connectivity index (χ4n) is 2.22. The van der Waals surface area contributed by atoms with Crippen LogP contribution < -0.4 is 0 Å². The molecule has 0 aliphatic heterocycles. The van der Waals surface area contributed by atoms with Crippen LogP contribution in [0.5, 0.6) is 0 Å².